The van der Waals surface area contributed by atoms with Gasteiger partial charge in [0.05, 0.1) is 0 Å². The van der Waals surface area contributed by atoms with Crippen LogP contribution in [0.5, 0.6) is 0 Å². The average Bonchev–Trinajstić information content (AvgIpc) is 3.85. The van der Waals surface area contributed by atoms with Gasteiger partial charge in [-0.2, -0.15) is 0 Å². The lowest BCUT2D eigenvalue weighted by molar-refractivity contribution is -0.165. The van der Waals surface area contributed by atoms with E-state index in [9.17, 15) is 14.7 Å². The third-order valence-corrected chi connectivity index (χ3v) is 7.94. The minimum atomic E-state index is -1.26. The minimum Gasteiger partial charge on any atom is -0.466 e. The van der Waals surface area contributed by atoms with Crippen LogP contribution in [0.3, 0.4) is 0 Å². The molecule has 4 heterocycles. The van der Waals surface area contributed by atoms with Crippen LogP contribution in [0.4, 0.5) is 0 Å². The van der Waals surface area contributed by atoms with E-state index in [2.05, 4.69) is 0 Å². The van der Waals surface area contributed by atoms with E-state index in [1.165, 1.54) is 0 Å². The topological polar surface area (TPSA) is 128 Å². The maximum atomic E-state index is 12.6. The Kier molecular flexibility index (Phi) is 7.31. The molecule has 0 bridgehead atoms. The number of aliphatic hydroxyl groups is 1. The smallest absolute Gasteiger partial charge is 0.264 e. The predicted molar refractivity (Wildman–Crippen MR) is 145 cm³/mol. The first-order chi connectivity index (χ1) is 21.0. The van der Waals surface area contributed by atoms with E-state index in [0.717, 1.165) is 5.56 Å². The van der Waals surface area contributed by atoms with Crippen molar-refractivity contribution in [2.75, 3.05) is 27.2 Å². The Morgan fingerprint density at radius 3 is 1.81 bits per heavy atom. The van der Waals surface area contributed by atoms with Gasteiger partial charge >= 0.3 is 0 Å². The molecule has 11 nitrogen and oxygen atoms in total. The van der Waals surface area contributed by atoms with Crippen molar-refractivity contribution in [1.82, 2.24) is 0 Å². The van der Waals surface area contributed by atoms with Gasteiger partial charge in [-0.1, -0.05) is 60.7 Å². The summed E-state index contributed by atoms with van der Waals surface area (Å²) in [6.45, 7) is 0.237. The first-order valence-electron chi connectivity index (χ1n) is 13.8. The van der Waals surface area contributed by atoms with Gasteiger partial charge in [-0.25, -0.2) is 0 Å². The Morgan fingerprint density at radius 2 is 1.21 bits per heavy atom. The summed E-state index contributed by atoms with van der Waals surface area (Å²) in [7, 11) is 0. The maximum Gasteiger partial charge on any atom is 0.264 e. The molecule has 5 atom stereocenters. The Bertz CT molecular complexity index is 1520. The van der Waals surface area contributed by atoms with Gasteiger partial charge in [0.15, 0.2) is 62.5 Å². The third kappa shape index (κ3) is 4.75. The summed E-state index contributed by atoms with van der Waals surface area (Å²) < 4.78 is 44.0. The second kappa shape index (κ2) is 11.3. The fraction of sp³-hybridized carbons (Fsp3) is 0.312. The minimum absolute atomic E-state index is 0.00174. The number of aliphatic hydroxyl groups excluding tert-OH is 1. The van der Waals surface area contributed by atoms with Crippen LogP contribution in [0.15, 0.2) is 108 Å². The molecule has 4 saturated heterocycles. The fourth-order valence-corrected chi connectivity index (χ4v) is 5.79. The van der Waals surface area contributed by atoms with E-state index in [-0.39, 0.29) is 33.0 Å². The molecule has 0 radical (unpaired) electrons. The molecule has 0 saturated carbocycles. The lowest BCUT2D eigenvalue weighted by atomic mass is 9.88. The summed E-state index contributed by atoms with van der Waals surface area (Å²) in [4.78, 5) is 25.2. The highest BCUT2D eigenvalue weighted by Crippen LogP contribution is 2.46. The van der Waals surface area contributed by atoms with Crippen LogP contribution >= 0.6 is 0 Å². The molecule has 4 aliphatic heterocycles. The molecule has 11 heteroatoms. The summed E-state index contributed by atoms with van der Waals surface area (Å²) in [5.41, 5.74) is 2.36. The molecule has 2 aliphatic carbocycles. The highest BCUT2D eigenvalue weighted by Gasteiger charge is 2.60. The van der Waals surface area contributed by atoms with E-state index in [1.54, 1.807) is 48.6 Å². The Morgan fingerprint density at radius 1 is 0.698 bits per heavy atom. The van der Waals surface area contributed by atoms with Gasteiger partial charge in [0.1, 0.15) is 6.10 Å². The molecule has 0 aromatic heterocycles. The molecule has 0 amide bonds. The van der Waals surface area contributed by atoms with Gasteiger partial charge < -0.3 is 43.0 Å². The zero-order valence-corrected chi connectivity index (χ0v) is 22.9. The quantitative estimate of drug-likeness (QED) is 0.535. The Balaban J connectivity index is 0.000000140. The molecule has 4 fully saturated rings. The number of carbonyl (C=O) groups excluding carboxylic acids is 2. The highest BCUT2D eigenvalue weighted by molar-refractivity contribution is 6.01. The molecule has 5 unspecified atom stereocenters. The lowest BCUT2D eigenvalue weighted by Gasteiger charge is -2.30. The number of carbonyl (C=O) groups is 2. The third-order valence-electron chi connectivity index (χ3n) is 7.94. The second-order valence-corrected chi connectivity index (χ2v) is 10.3. The number of hydrogen-bond donors (Lipinski definition) is 1. The van der Waals surface area contributed by atoms with Crippen molar-refractivity contribution < 1.29 is 52.6 Å². The van der Waals surface area contributed by atoms with Gasteiger partial charge in [0, 0.05) is 17.6 Å². The van der Waals surface area contributed by atoms with Crippen LogP contribution in [0, 0.1) is 0 Å². The molecule has 6 aliphatic rings. The fourth-order valence-electron chi connectivity index (χ4n) is 5.79. The van der Waals surface area contributed by atoms with Gasteiger partial charge in [-0.3, -0.25) is 9.59 Å². The molecule has 2 aromatic rings. The van der Waals surface area contributed by atoms with Crippen molar-refractivity contribution >= 4 is 11.6 Å². The Labute approximate surface area is 246 Å². The number of benzene rings is 2. The summed E-state index contributed by atoms with van der Waals surface area (Å²) in [6.07, 6.45) is 4.47. The predicted octanol–water partition coefficient (Wildman–Crippen LogP) is 2.88. The van der Waals surface area contributed by atoms with Crippen LogP contribution in [0.25, 0.3) is 0 Å². The van der Waals surface area contributed by atoms with Crippen LogP contribution in [0.1, 0.15) is 17.2 Å². The first kappa shape index (κ1) is 27.9. The number of ketones is 2. The number of rotatable bonds is 6. The standard InChI is InChI=1S/C16H14O6.C16H14O5/c17-13(10-4-2-1-3-5-10)14(18)11-6-7-12-16(21-8-19-12)15(11)20-9-22-16;17-13(8-11-4-2-1-3-5-11)12-6-7-14-16(20-9-18-14)15(12)19-10-21-16/h1-7,13,15,17H,8-9H2;1-7,15H,8-10H2. The van der Waals surface area contributed by atoms with E-state index < -0.39 is 35.7 Å². The first-order valence-corrected chi connectivity index (χ1v) is 13.8. The molecule has 222 valence electrons. The van der Waals surface area contributed by atoms with Gasteiger partial charge in [-0.15, -0.1) is 0 Å². The van der Waals surface area contributed by atoms with Gasteiger partial charge in [-0.05, 0) is 35.4 Å². The van der Waals surface area contributed by atoms with Crippen molar-refractivity contribution in [3.63, 3.8) is 0 Å². The molecular formula is C32H28O11. The normalized spacial score (nSPS) is 30.3. The molecule has 2 aromatic carbocycles. The molecule has 2 spiro atoms. The van der Waals surface area contributed by atoms with E-state index in [4.69, 9.17) is 37.9 Å². The average molecular weight is 589 g/mol. The number of hydrogen-bond acceptors (Lipinski definition) is 11. The summed E-state index contributed by atoms with van der Waals surface area (Å²) in [5.74, 6) is -1.65. The monoisotopic (exact) mass is 588 g/mol. The number of Topliss-reactive ketones (excluding diaryl/α,β-unsaturated/α-hetero) is 2. The molecule has 8 rings (SSSR count). The van der Waals surface area contributed by atoms with E-state index in [0.29, 0.717) is 34.6 Å². The summed E-state index contributed by atoms with van der Waals surface area (Å²) in [5, 5.41) is 10.3. The molecular weight excluding hydrogens is 560 g/mol. The largest absolute Gasteiger partial charge is 0.466 e. The van der Waals surface area contributed by atoms with Crippen molar-refractivity contribution in [1.29, 1.82) is 0 Å². The lowest BCUT2D eigenvalue weighted by Crippen LogP contribution is -2.45. The molecule has 43 heavy (non-hydrogen) atoms. The van der Waals surface area contributed by atoms with Crippen molar-refractivity contribution in [3.05, 3.63) is 119 Å². The van der Waals surface area contributed by atoms with Crippen LogP contribution in [-0.2, 0) is 53.9 Å². The SMILES string of the molecule is O=C(C1=CC=C2OCOC23OCOC13)C(O)c1ccccc1.O=C(Cc1ccccc1)C1=CC=C2OCOC23OCOC13. The van der Waals surface area contributed by atoms with E-state index in [1.807, 2.05) is 36.4 Å². The van der Waals surface area contributed by atoms with Crippen LogP contribution in [-0.4, -0.2) is 67.6 Å². The zero-order valence-electron chi connectivity index (χ0n) is 22.9. The number of ether oxygens (including phenoxy) is 8. The molecule has 1 N–H and O–H groups in total. The van der Waals surface area contributed by atoms with Crippen LogP contribution in [0.2, 0.25) is 0 Å². The maximum absolute atomic E-state index is 12.6. The van der Waals surface area contributed by atoms with Gasteiger partial charge in [0.2, 0.25) is 0 Å². The zero-order chi connectivity index (χ0) is 29.4. The van der Waals surface area contributed by atoms with Crippen molar-refractivity contribution in [2.24, 2.45) is 0 Å². The van der Waals surface area contributed by atoms with Gasteiger partial charge in [0.25, 0.3) is 11.6 Å². The number of allylic oxidation sites excluding steroid dienone is 4. The summed E-state index contributed by atoms with van der Waals surface area (Å²) >= 11 is 0. The van der Waals surface area contributed by atoms with Crippen molar-refractivity contribution in [3.8, 4) is 0 Å². The van der Waals surface area contributed by atoms with E-state index >= 15 is 0 Å². The summed E-state index contributed by atoms with van der Waals surface area (Å²) in [6, 6.07) is 18.4. The second-order valence-electron chi connectivity index (χ2n) is 10.3. The highest BCUT2D eigenvalue weighted by atomic mass is 16.9. The van der Waals surface area contributed by atoms with Crippen molar-refractivity contribution in [2.45, 2.75) is 36.3 Å². The van der Waals surface area contributed by atoms with Crippen LogP contribution < -0.4 is 0 Å². The Hall–Kier alpha value is -3.94.